The van der Waals surface area contributed by atoms with Gasteiger partial charge in [-0.25, -0.2) is 0 Å². The first-order valence-electron chi connectivity index (χ1n) is 21.0. The Morgan fingerprint density at radius 3 is 1.77 bits per heavy atom. The van der Waals surface area contributed by atoms with E-state index in [1.54, 1.807) is 0 Å². The van der Waals surface area contributed by atoms with Crippen molar-refractivity contribution < 1.29 is 0 Å². The minimum absolute atomic E-state index is 0.0678. The first-order valence-corrected chi connectivity index (χ1v) is 21.0. The largest absolute Gasteiger partial charge is 0.358 e. The van der Waals surface area contributed by atoms with E-state index < -0.39 is 0 Å². The summed E-state index contributed by atoms with van der Waals surface area (Å²) in [5.41, 5.74) is 21.3. The molecule has 1 atom stereocenters. The molecule has 1 unspecified atom stereocenters. The van der Waals surface area contributed by atoms with Crippen LogP contribution in [-0.2, 0) is 0 Å². The normalized spacial score (nSPS) is 15.3. The monoisotopic (exact) mass is 766 g/mol. The van der Waals surface area contributed by atoms with E-state index in [2.05, 4.69) is 232 Å². The molecular weight excluding hydrogens is 726 g/mol. The maximum absolute atomic E-state index is 4.01. The van der Waals surface area contributed by atoms with Crippen LogP contribution in [0.2, 0.25) is 0 Å². The molecule has 0 saturated heterocycles. The van der Waals surface area contributed by atoms with E-state index in [9.17, 15) is 0 Å². The number of fused-ring (bicyclic) bond motifs is 7. The Bertz CT molecular complexity index is 2940. The standard InChI is InChI=1S/C54H40B2N4/c1-5-19-37(20-6-1)57-47-35-41(58(38-21-7-2-8-22-38)39-23-9-3-10-24-39)33-34-42(47)43-36-51-53-54-52(43)55-44-27-13-16-30-48(44)60(54)50-32-18-15-29-46(50)56(53)45-28-14-17-31-49(45)59(51)40-25-11-4-12-26-40/h1-34,36,41,55,57H,35H2. The molecule has 1 N–H and O–H groups in total. The van der Waals surface area contributed by atoms with Crippen molar-refractivity contribution in [2.75, 3.05) is 20.0 Å². The third kappa shape index (κ3) is 5.48. The molecule has 3 aliphatic heterocycles. The molecule has 4 aliphatic rings. The molecular formula is C54H40B2N4. The van der Waals surface area contributed by atoms with Crippen molar-refractivity contribution in [3.63, 3.8) is 0 Å². The average Bonchev–Trinajstić information content (AvgIpc) is 3.31. The van der Waals surface area contributed by atoms with E-state index in [-0.39, 0.29) is 12.8 Å². The number of allylic oxidation sites excluding steroid dienone is 2. The summed E-state index contributed by atoms with van der Waals surface area (Å²) >= 11 is 0. The van der Waals surface area contributed by atoms with Crippen LogP contribution in [0.4, 0.5) is 51.2 Å². The van der Waals surface area contributed by atoms with Gasteiger partial charge in [0.05, 0.1) is 6.04 Å². The lowest BCUT2D eigenvalue weighted by Gasteiger charge is -2.47. The summed E-state index contributed by atoms with van der Waals surface area (Å²) in [6.45, 7) is 0.0872. The molecule has 3 heterocycles. The van der Waals surface area contributed by atoms with Gasteiger partial charge in [-0.3, -0.25) is 0 Å². The van der Waals surface area contributed by atoms with Gasteiger partial charge in [0.25, 0.3) is 6.71 Å². The lowest BCUT2D eigenvalue weighted by molar-refractivity contribution is 0.762. The van der Waals surface area contributed by atoms with Crippen LogP contribution in [0.3, 0.4) is 0 Å². The topological polar surface area (TPSA) is 21.8 Å². The zero-order valence-corrected chi connectivity index (χ0v) is 33.1. The summed E-state index contributed by atoms with van der Waals surface area (Å²) in [6, 6.07) is 73.0. The second-order valence-corrected chi connectivity index (χ2v) is 16.1. The lowest BCUT2D eigenvalue weighted by Crippen LogP contribution is -2.64. The van der Waals surface area contributed by atoms with Crippen LogP contribution in [0, 0.1) is 0 Å². The molecule has 8 aromatic rings. The Kier molecular flexibility index (Phi) is 8.15. The summed E-state index contributed by atoms with van der Waals surface area (Å²) in [5.74, 6) is 0. The van der Waals surface area contributed by atoms with Crippen LogP contribution in [0.15, 0.2) is 218 Å². The number of para-hydroxylation sites is 7. The number of anilines is 9. The molecule has 8 aromatic carbocycles. The molecule has 0 aromatic heterocycles. The van der Waals surface area contributed by atoms with Crippen molar-refractivity contribution in [3.8, 4) is 0 Å². The molecule has 0 fully saturated rings. The van der Waals surface area contributed by atoms with Gasteiger partial charge >= 0.3 is 0 Å². The number of rotatable bonds is 7. The first kappa shape index (κ1) is 34.6. The summed E-state index contributed by atoms with van der Waals surface area (Å²) in [4.78, 5) is 7.59. The number of benzene rings is 8. The molecule has 12 rings (SSSR count). The van der Waals surface area contributed by atoms with E-state index >= 15 is 0 Å². The van der Waals surface area contributed by atoms with Crippen molar-refractivity contribution in [3.05, 3.63) is 224 Å². The minimum Gasteiger partial charge on any atom is -0.358 e. The highest BCUT2D eigenvalue weighted by atomic mass is 15.2. The van der Waals surface area contributed by atoms with Crippen LogP contribution in [0.1, 0.15) is 12.0 Å². The van der Waals surface area contributed by atoms with E-state index in [1.165, 1.54) is 84.0 Å². The SMILES string of the molecule is B1c2ccccc2N2c3ccccc3B3c4ccccc4N(c4ccccc4)c4cc(C5=C(Nc6ccccc6)CC(N(c6ccccc6)c6ccccc6)C=C5)c1c2c43. The highest BCUT2D eigenvalue weighted by Gasteiger charge is 2.46. The third-order valence-electron chi connectivity index (χ3n) is 12.8. The molecule has 4 nitrogen and oxygen atoms in total. The van der Waals surface area contributed by atoms with Crippen molar-refractivity contribution in [1.82, 2.24) is 0 Å². The van der Waals surface area contributed by atoms with Gasteiger partial charge in [-0.1, -0.05) is 145 Å². The molecule has 0 bridgehead atoms. The van der Waals surface area contributed by atoms with Crippen molar-refractivity contribution >= 4 is 98.1 Å². The zero-order valence-electron chi connectivity index (χ0n) is 33.1. The van der Waals surface area contributed by atoms with Gasteiger partial charge in [-0.15, -0.1) is 0 Å². The fourth-order valence-corrected chi connectivity index (χ4v) is 10.3. The fourth-order valence-electron chi connectivity index (χ4n) is 10.3. The minimum atomic E-state index is 0.0678. The number of hydrogen-bond acceptors (Lipinski definition) is 4. The molecule has 282 valence electrons. The van der Waals surface area contributed by atoms with Crippen LogP contribution >= 0.6 is 0 Å². The third-order valence-corrected chi connectivity index (χ3v) is 12.8. The first-order chi connectivity index (χ1) is 29.8. The predicted molar refractivity (Wildman–Crippen MR) is 256 cm³/mol. The van der Waals surface area contributed by atoms with Crippen LogP contribution in [0.25, 0.3) is 5.57 Å². The van der Waals surface area contributed by atoms with Gasteiger partial charge in [0, 0.05) is 68.9 Å². The Hall–Kier alpha value is -7.43. The van der Waals surface area contributed by atoms with Crippen LogP contribution in [-0.4, -0.2) is 20.0 Å². The van der Waals surface area contributed by atoms with E-state index in [1.807, 2.05) is 0 Å². The molecule has 60 heavy (non-hydrogen) atoms. The number of nitrogens with one attached hydrogen (secondary N) is 1. The molecule has 0 saturated carbocycles. The van der Waals surface area contributed by atoms with E-state index in [0.717, 1.165) is 25.1 Å². The molecule has 0 amide bonds. The van der Waals surface area contributed by atoms with Gasteiger partial charge in [0.2, 0.25) is 0 Å². The highest BCUT2D eigenvalue weighted by Crippen LogP contribution is 2.46. The Morgan fingerprint density at radius 1 is 0.550 bits per heavy atom. The summed E-state index contributed by atoms with van der Waals surface area (Å²) in [5, 5.41) is 4.01. The molecule has 0 spiro atoms. The van der Waals surface area contributed by atoms with Gasteiger partial charge < -0.3 is 20.0 Å². The van der Waals surface area contributed by atoms with Gasteiger partial charge in [-0.05, 0) is 100 Å². The number of nitrogens with zero attached hydrogens (tertiary/aromatic N) is 3. The van der Waals surface area contributed by atoms with Gasteiger partial charge in [0.1, 0.15) is 0 Å². The van der Waals surface area contributed by atoms with Crippen molar-refractivity contribution in [2.24, 2.45) is 0 Å². The van der Waals surface area contributed by atoms with Gasteiger partial charge in [-0.2, -0.15) is 0 Å². The zero-order chi connectivity index (χ0) is 39.6. The predicted octanol–water partition coefficient (Wildman–Crippen LogP) is 9.46. The quantitative estimate of drug-likeness (QED) is 0.163. The molecule has 6 heteroatoms. The fraction of sp³-hybridized carbons (Fsp3) is 0.0370. The van der Waals surface area contributed by atoms with Crippen molar-refractivity contribution in [2.45, 2.75) is 12.5 Å². The maximum atomic E-state index is 4.01. The second kappa shape index (κ2) is 14.1. The summed E-state index contributed by atoms with van der Waals surface area (Å²) in [6.07, 6.45) is 5.62. The maximum Gasteiger partial charge on any atom is 0.252 e. The Balaban J connectivity index is 1.13. The summed E-state index contributed by atoms with van der Waals surface area (Å²) in [7, 11) is 0.839. The van der Waals surface area contributed by atoms with Gasteiger partial charge in [0.15, 0.2) is 7.28 Å². The lowest BCUT2D eigenvalue weighted by atomic mass is 9.32. The Labute approximate surface area is 352 Å². The van der Waals surface area contributed by atoms with Crippen LogP contribution in [0.5, 0.6) is 0 Å². The van der Waals surface area contributed by atoms with E-state index in [4.69, 9.17) is 0 Å². The van der Waals surface area contributed by atoms with Crippen LogP contribution < -0.4 is 47.3 Å². The smallest absolute Gasteiger partial charge is 0.252 e. The second-order valence-electron chi connectivity index (χ2n) is 16.1. The van der Waals surface area contributed by atoms with E-state index in [0.29, 0.717) is 0 Å². The Morgan fingerprint density at radius 2 is 1.10 bits per heavy atom. The summed E-state index contributed by atoms with van der Waals surface area (Å²) < 4.78 is 0. The van der Waals surface area contributed by atoms with Crippen molar-refractivity contribution in [1.29, 1.82) is 0 Å². The molecule has 0 radical (unpaired) electrons. The average molecular weight is 767 g/mol. The highest BCUT2D eigenvalue weighted by molar-refractivity contribution is 7.01. The molecule has 1 aliphatic carbocycles. The number of hydrogen-bond donors (Lipinski definition) is 1.